The number of halogens is 2. The molecule has 9 nitrogen and oxygen atoms in total. The number of fused-ring (bicyclic) bond motifs is 1. The fraction of sp³-hybridized carbons (Fsp3) is 0.217. The molecule has 34 heavy (non-hydrogen) atoms. The Kier molecular flexibility index (Phi) is 6.49. The number of carbonyl (C=O) groups excluding carboxylic acids is 4. The molecule has 174 valence electrons. The van der Waals surface area contributed by atoms with Crippen LogP contribution in [0.3, 0.4) is 0 Å². The van der Waals surface area contributed by atoms with E-state index in [1.165, 1.54) is 30.3 Å². The second-order valence-corrected chi connectivity index (χ2v) is 8.68. The zero-order valence-electron chi connectivity index (χ0n) is 17.5. The molecule has 0 aromatic heterocycles. The number of hydrogen-bond donors (Lipinski definition) is 0. The van der Waals surface area contributed by atoms with E-state index in [-0.39, 0.29) is 26.9 Å². The lowest BCUT2D eigenvalue weighted by Gasteiger charge is -2.30. The van der Waals surface area contributed by atoms with E-state index in [1.807, 2.05) is 12.2 Å². The van der Waals surface area contributed by atoms with Crippen molar-refractivity contribution in [3.8, 4) is 0 Å². The minimum atomic E-state index is -0.790. The van der Waals surface area contributed by atoms with Crippen LogP contribution < -0.4 is 0 Å². The summed E-state index contributed by atoms with van der Waals surface area (Å²) in [6, 6.07) is 8.87. The van der Waals surface area contributed by atoms with Gasteiger partial charge in [0.05, 0.1) is 26.8 Å². The van der Waals surface area contributed by atoms with Crippen molar-refractivity contribution < 1.29 is 24.1 Å². The number of nitro groups is 1. The van der Waals surface area contributed by atoms with Crippen molar-refractivity contribution in [1.29, 1.82) is 0 Å². The summed E-state index contributed by atoms with van der Waals surface area (Å²) in [6.07, 6.45) is 4.33. The third-order valence-corrected chi connectivity index (χ3v) is 6.56. The van der Waals surface area contributed by atoms with Crippen molar-refractivity contribution in [3.63, 3.8) is 0 Å². The van der Waals surface area contributed by atoms with Crippen LogP contribution in [-0.4, -0.2) is 45.0 Å². The topological polar surface area (TPSA) is 118 Å². The number of nitrogens with zero attached hydrogens (tertiary/aromatic N) is 3. The number of nitro benzene ring substituents is 1. The average Bonchev–Trinajstić information content (AvgIpc) is 3.09. The number of imide groups is 1. The standard InChI is InChI=1S/C23H17Cl2N3O6/c24-18-10-7-14(11-19(18)25)21(30)26(12-20(29)13-5-8-15(9-6-13)28(33)34)27-22(31)16-3-1-2-4-17(16)23(27)32/h1-2,5-11,16-17H,3-4,12H2/t16-,17-/m1/s1. The number of allylic oxidation sites excluding steroid dienone is 2. The number of carbonyl (C=O) groups is 4. The lowest BCUT2D eigenvalue weighted by molar-refractivity contribution is -0.384. The van der Waals surface area contributed by atoms with Gasteiger partial charge in [-0.05, 0) is 43.2 Å². The molecule has 3 amide bonds. The summed E-state index contributed by atoms with van der Waals surface area (Å²) in [5.41, 5.74) is -0.100. The first kappa shape index (κ1) is 23.6. The van der Waals surface area contributed by atoms with Gasteiger partial charge in [-0.1, -0.05) is 35.4 Å². The monoisotopic (exact) mass is 501 g/mol. The molecule has 1 fully saturated rings. The van der Waals surface area contributed by atoms with Crippen LogP contribution in [-0.2, 0) is 9.59 Å². The van der Waals surface area contributed by atoms with Gasteiger partial charge >= 0.3 is 0 Å². The van der Waals surface area contributed by atoms with E-state index in [9.17, 15) is 29.3 Å². The Balaban J connectivity index is 1.69. The maximum atomic E-state index is 13.4. The number of hydrogen-bond acceptors (Lipinski definition) is 6. The van der Waals surface area contributed by atoms with Gasteiger partial charge in [-0.15, -0.1) is 0 Å². The Labute approximate surface area is 203 Å². The summed E-state index contributed by atoms with van der Waals surface area (Å²) in [5.74, 6) is -3.76. The molecule has 11 heteroatoms. The second kappa shape index (κ2) is 9.36. The third kappa shape index (κ3) is 4.32. The number of rotatable bonds is 6. The molecule has 0 bridgehead atoms. The van der Waals surface area contributed by atoms with Crippen LogP contribution in [0.25, 0.3) is 0 Å². The van der Waals surface area contributed by atoms with Crippen LogP contribution in [0, 0.1) is 22.0 Å². The Morgan fingerprint density at radius 2 is 1.50 bits per heavy atom. The molecule has 2 atom stereocenters. The molecule has 1 saturated heterocycles. The SMILES string of the molecule is O=C(CN(C(=O)c1ccc(Cl)c(Cl)c1)N1C(=O)[C@@H]2CC=CC[C@H]2C1=O)c1ccc([N+](=O)[O-])cc1. The average molecular weight is 502 g/mol. The molecule has 2 aliphatic rings. The highest BCUT2D eigenvalue weighted by Crippen LogP contribution is 2.36. The third-order valence-electron chi connectivity index (χ3n) is 5.82. The minimum absolute atomic E-state index is 0.0273. The molecule has 1 heterocycles. The van der Waals surface area contributed by atoms with Crippen LogP contribution in [0.2, 0.25) is 10.0 Å². The molecule has 0 unspecified atom stereocenters. The molecule has 2 aromatic carbocycles. The van der Waals surface area contributed by atoms with E-state index < -0.39 is 46.8 Å². The van der Waals surface area contributed by atoms with Crippen LogP contribution in [0.4, 0.5) is 5.69 Å². The van der Waals surface area contributed by atoms with Gasteiger partial charge in [0.1, 0.15) is 6.54 Å². The molecule has 1 aliphatic carbocycles. The fourth-order valence-electron chi connectivity index (χ4n) is 4.03. The van der Waals surface area contributed by atoms with Gasteiger partial charge in [0, 0.05) is 23.3 Å². The molecular weight excluding hydrogens is 485 g/mol. The summed E-state index contributed by atoms with van der Waals surface area (Å²) in [4.78, 5) is 63.0. The first-order valence-electron chi connectivity index (χ1n) is 10.3. The van der Waals surface area contributed by atoms with Crippen LogP contribution >= 0.6 is 23.2 Å². The van der Waals surface area contributed by atoms with Crippen LogP contribution in [0.1, 0.15) is 33.6 Å². The van der Waals surface area contributed by atoms with Crippen molar-refractivity contribution in [3.05, 3.63) is 85.9 Å². The zero-order valence-corrected chi connectivity index (χ0v) is 19.0. The summed E-state index contributed by atoms with van der Waals surface area (Å²) in [6.45, 7) is -0.638. The molecule has 0 radical (unpaired) electrons. The zero-order chi connectivity index (χ0) is 24.6. The fourth-order valence-corrected chi connectivity index (χ4v) is 4.33. The normalized spacial score (nSPS) is 19.2. The number of hydrazine groups is 1. The highest BCUT2D eigenvalue weighted by Gasteiger charge is 2.51. The van der Waals surface area contributed by atoms with Crippen molar-refractivity contribution in [2.24, 2.45) is 11.8 Å². The van der Waals surface area contributed by atoms with E-state index in [2.05, 4.69) is 0 Å². The smallest absolute Gasteiger partial charge is 0.273 e. The van der Waals surface area contributed by atoms with E-state index in [4.69, 9.17) is 23.2 Å². The maximum absolute atomic E-state index is 13.4. The Morgan fingerprint density at radius 3 is 2.03 bits per heavy atom. The van der Waals surface area contributed by atoms with Crippen molar-refractivity contribution in [1.82, 2.24) is 10.0 Å². The van der Waals surface area contributed by atoms with Gasteiger partial charge in [0.2, 0.25) is 0 Å². The maximum Gasteiger partial charge on any atom is 0.273 e. The first-order chi connectivity index (χ1) is 16.2. The number of benzene rings is 2. The van der Waals surface area contributed by atoms with E-state index >= 15 is 0 Å². The predicted octanol–water partition coefficient (Wildman–Crippen LogP) is 4.09. The molecule has 4 rings (SSSR count). The number of amides is 3. The van der Waals surface area contributed by atoms with Crippen LogP contribution in [0.5, 0.6) is 0 Å². The second-order valence-electron chi connectivity index (χ2n) is 7.86. The number of ketones is 1. The van der Waals surface area contributed by atoms with Crippen molar-refractivity contribution in [2.45, 2.75) is 12.8 Å². The number of non-ortho nitro benzene ring substituents is 1. The molecule has 1 aliphatic heterocycles. The quantitative estimate of drug-likeness (QED) is 0.193. The van der Waals surface area contributed by atoms with Gasteiger partial charge in [0.25, 0.3) is 23.4 Å². The Hall–Kier alpha value is -3.56. The summed E-state index contributed by atoms with van der Waals surface area (Å²) in [5, 5.41) is 12.7. The summed E-state index contributed by atoms with van der Waals surface area (Å²) >= 11 is 12.0. The van der Waals surface area contributed by atoms with Crippen molar-refractivity contribution in [2.75, 3.05) is 6.54 Å². The van der Waals surface area contributed by atoms with Crippen molar-refractivity contribution >= 4 is 52.4 Å². The summed E-state index contributed by atoms with van der Waals surface area (Å²) < 4.78 is 0. The van der Waals surface area contributed by atoms with E-state index in [0.29, 0.717) is 12.8 Å². The highest BCUT2D eigenvalue weighted by atomic mass is 35.5. The molecule has 0 N–H and O–H groups in total. The minimum Gasteiger partial charge on any atom is -0.292 e. The van der Waals surface area contributed by atoms with Gasteiger partial charge in [-0.2, -0.15) is 5.01 Å². The molecule has 2 aromatic rings. The molecule has 0 saturated carbocycles. The van der Waals surface area contributed by atoms with E-state index in [0.717, 1.165) is 22.2 Å². The largest absolute Gasteiger partial charge is 0.292 e. The Morgan fingerprint density at radius 1 is 0.941 bits per heavy atom. The van der Waals surface area contributed by atoms with Gasteiger partial charge in [-0.3, -0.25) is 29.3 Å². The molecule has 0 spiro atoms. The van der Waals surface area contributed by atoms with E-state index in [1.54, 1.807) is 0 Å². The predicted molar refractivity (Wildman–Crippen MR) is 122 cm³/mol. The van der Waals surface area contributed by atoms with Gasteiger partial charge in [0.15, 0.2) is 5.78 Å². The molecular formula is C23H17Cl2N3O6. The number of Topliss-reactive ketones (excluding diaryl/α,β-unsaturated/α-hetero) is 1. The van der Waals surface area contributed by atoms with Crippen LogP contribution in [0.15, 0.2) is 54.6 Å². The lowest BCUT2D eigenvalue weighted by Crippen LogP contribution is -2.52. The Bertz CT molecular complexity index is 1220. The van der Waals surface area contributed by atoms with Gasteiger partial charge < -0.3 is 0 Å². The highest BCUT2D eigenvalue weighted by molar-refractivity contribution is 6.42. The summed E-state index contributed by atoms with van der Waals surface area (Å²) in [7, 11) is 0. The van der Waals surface area contributed by atoms with Gasteiger partial charge in [-0.25, -0.2) is 5.01 Å². The lowest BCUT2D eigenvalue weighted by atomic mass is 9.85. The first-order valence-corrected chi connectivity index (χ1v) is 11.0.